The molecule has 13 heavy (non-hydrogen) atoms. The van der Waals surface area contributed by atoms with Crippen LogP contribution in [0.1, 0.15) is 13.8 Å². The van der Waals surface area contributed by atoms with Crippen LogP contribution in [0, 0.1) is 0 Å². The summed E-state index contributed by atoms with van der Waals surface area (Å²) in [7, 11) is 2.08. The van der Waals surface area contributed by atoms with Crippen LogP contribution in [0.25, 0.3) is 0 Å². The monoisotopic (exact) mass is 184 g/mol. The fourth-order valence-electron chi connectivity index (χ4n) is 2.08. The third-order valence-electron chi connectivity index (χ3n) is 2.97. The van der Waals surface area contributed by atoms with Gasteiger partial charge in [0.05, 0.1) is 6.04 Å². The van der Waals surface area contributed by atoms with E-state index in [1.807, 2.05) is 18.7 Å². The average molecular weight is 184 g/mol. The molecular weight excluding hydrogens is 168 g/mol. The van der Waals surface area contributed by atoms with Crippen LogP contribution in [0.2, 0.25) is 0 Å². The van der Waals surface area contributed by atoms with E-state index in [-0.39, 0.29) is 17.7 Å². The highest BCUT2D eigenvalue weighted by molar-refractivity contribution is 5.71. The van der Waals surface area contributed by atoms with Gasteiger partial charge >= 0.3 is 6.09 Å². The summed E-state index contributed by atoms with van der Waals surface area (Å²) in [5.74, 6) is 0. The average Bonchev–Trinajstić information content (AvgIpc) is 2.23. The Labute approximate surface area is 78.4 Å². The van der Waals surface area contributed by atoms with Gasteiger partial charge in [-0.1, -0.05) is 0 Å². The number of fused-ring (bicyclic) bond motifs is 1. The maximum Gasteiger partial charge on any atom is 0.410 e. The molecule has 2 rings (SSSR count). The van der Waals surface area contributed by atoms with Crippen LogP contribution in [-0.4, -0.2) is 54.2 Å². The highest BCUT2D eigenvalue weighted by Crippen LogP contribution is 2.31. The van der Waals surface area contributed by atoms with Gasteiger partial charge in [0.2, 0.25) is 0 Å². The SMILES string of the molecule is CN1CCN2C(=O)OC(C)(C)C2C1. The maximum atomic E-state index is 11.4. The first kappa shape index (κ1) is 8.81. The van der Waals surface area contributed by atoms with Crippen LogP contribution >= 0.6 is 0 Å². The lowest BCUT2D eigenvalue weighted by Crippen LogP contribution is -2.55. The van der Waals surface area contributed by atoms with Crippen LogP contribution in [0.5, 0.6) is 0 Å². The molecule has 0 saturated carbocycles. The number of rotatable bonds is 0. The number of amides is 1. The number of hydrogen-bond donors (Lipinski definition) is 0. The van der Waals surface area contributed by atoms with E-state index in [0.717, 1.165) is 19.6 Å². The van der Waals surface area contributed by atoms with Crippen molar-refractivity contribution in [2.24, 2.45) is 0 Å². The number of likely N-dealkylation sites (N-methyl/N-ethyl adjacent to an activating group) is 1. The van der Waals surface area contributed by atoms with Crippen molar-refractivity contribution >= 4 is 6.09 Å². The van der Waals surface area contributed by atoms with E-state index in [4.69, 9.17) is 4.74 Å². The van der Waals surface area contributed by atoms with E-state index in [9.17, 15) is 4.79 Å². The molecule has 0 radical (unpaired) electrons. The second-order valence-electron chi connectivity index (χ2n) is 4.44. The molecule has 0 bridgehead atoms. The molecule has 0 aromatic rings. The van der Waals surface area contributed by atoms with Gasteiger partial charge in [0.25, 0.3) is 0 Å². The van der Waals surface area contributed by atoms with E-state index in [1.54, 1.807) is 0 Å². The molecule has 4 nitrogen and oxygen atoms in total. The molecule has 1 atom stereocenters. The van der Waals surface area contributed by atoms with Gasteiger partial charge in [-0.15, -0.1) is 0 Å². The number of piperazine rings is 1. The zero-order valence-electron chi connectivity index (χ0n) is 8.41. The van der Waals surface area contributed by atoms with Crippen molar-refractivity contribution in [3.05, 3.63) is 0 Å². The molecule has 2 fully saturated rings. The predicted molar refractivity (Wildman–Crippen MR) is 48.6 cm³/mol. The Kier molecular flexibility index (Phi) is 1.77. The number of carbonyl (C=O) groups is 1. The van der Waals surface area contributed by atoms with Crippen LogP contribution in [0.4, 0.5) is 4.79 Å². The minimum Gasteiger partial charge on any atom is -0.441 e. The van der Waals surface area contributed by atoms with Crippen molar-refractivity contribution in [1.82, 2.24) is 9.80 Å². The third-order valence-corrected chi connectivity index (χ3v) is 2.97. The van der Waals surface area contributed by atoms with E-state index in [0.29, 0.717) is 0 Å². The smallest absolute Gasteiger partial charge is 0.410 e. The molecule has 2 aliphatic rings. The summed E-state index contributed by atoms with van der Waals surface area (Å²) in [6, 6.07) is 0.221. The normalized spacial score (nSPS) is 33.0. The largest absolute Gasteiger partial charge is 0.441 e. The third kappa shape index (κ3) is 1.29. The standard InChI is InChI=1S/C9H16N2O2/c1-9(2)7-6-10(3)4-5-11(7)8(12)13-9/h7H,4-6H2,1-3H3. The summed E-state index contributed by atoms with van der Waals surface area (Å²) in [5.41, 5.74) is -0.328. The van der Waals surface area contributed by atoms with Crippen LogP contribution in [0.3, 0.4) is 0 Å². The summed E-state index contributed by atoms with van der Waals surface area (Å²) >= 11 is 0. The lowest BCUT2D eigenvalue weighted by atomic mass is 9.97. The van der Waals surface area contributed by atoms with Crippen molar-refractivity contribution in [3.8, 4) is 0 Å². The van der Waals surface area contributed by atoms with Crippen molar-refractivity contribution in [2.45, 2.75) is 25.5 Å². The molecule has 2 saturated heterocycles. The topological polar surface area (TPSA) is 32.8 Å². The van der Waals surface area contributed by atoms with Gasteiger partial charge < -0.3 is 9.64 Å². The Hall–Kier alpha value is -0.770. The van der Waals surface area contributed by atoms with Gasteiger partial charge in [-0.3, -0.25) is 4.90 Å². The van der Waals surface area contributed by atoms with Gasteiger partial charge in [-0.05, 0) is 20.9 Å². The quantitative estimate of drug-likeness (QED) is 0.550. The molecule has 0 aliphatic carbocycles. The molecule has 0 aromatic heterocycles. The number of nitrogens with zero attached hydrogens (tertiary/aromatic N) is 2. The number of ether oxygens (including phenoxy) is 1. The fraction of sp³-hybridized carbons (Fsp3) is 0.889. The highest BCUT2D eigenvalue weighted by atomic mass is 16.6. The van der Waals surface area contributed by atoms with E-state index in [1.165, 1.54) is 0 Å². The Balaban J connectivity index is 2.21. The predicted octanol–water partition coefficient (Wildman–Crippen LogP) is 0.531. The van der Waals surface area contributed by atoms with Gasteiger partial charge in [0, 0.05) is 19.6 Å². The molecule has 74 valence electrons. The molecule has 2 heterocycles. The minimum absolute atomic E-state index is 0.150. The summed E-state index contributed by atoms with van der Waals surface area (Å²) in [6.45, 7) is 6.62. The molecule has 0 N–H and O–H groups in total. The fourth-order valence-corrected chi connectivity index (χ4v) is 2.08. The molecule has 1 unspecified atom stereocenters. The Morgan fingerprint density at radius 3 is 2.85 bits per heavy atom. The van der Waals surface area contributed by atoms with E-state index in [2.05, 4.69) is 11.9 Å². The second kappa shape index (κ2) is 2.61. The summed E-state index contributed by atoms with van der Waals surface area (Å²) in [4.78, 5) is 15.5. The molecule has 1 amide bonds. The Morgan fingerprint density at radius 1 is 1.46 bits per heavy atom. The molecular formula is C9H16N2O2. The highest BCUT2D eigenvalue weighted by Gasteiger charge is 2.49. The minimum atomic E-state index is -0.328. The van der Waals surface area contributed by atoms with Gasteiger partial charge in [-0.25, -0.2) is 4.79 Å². The molecule has 0 aromatic carbocycles. The molecule has 4 heteroatoms. The zero-order chi connectivity index (χ0) is 9.64. The van der Waals surface area contributed by atoms with Gasteiger partial charge in [-0.2, -0.15) is 0 Å². The van der Waals surface area contributed by atoms with Crippen molar-refractivity contribution in [3.63, 3.8) is 0 Å². The Bertz CT molecular complexity index is 240. The van der Waals surface area contributed by atoms with Gasteiger partial charge in [0.15, 0.2) is 0 Å². The lowest BCUT2D eigenvalue weighted by Gasteiger charge is -2.37. The second-order valence-corrected chi connectivity index (χ2v) is 4.44. The van der Waals surface area contributed by atoms with E-state index >= 15 is 0 Å². The number of carbonyl (C=O) groups excluding carboxylic acids is 1. The van der Waals surface area contributed by atoms with Crippen molar-refractivity contribution in [1.29, 1.82) is 0 Å². The first-order valence-corrected chi connectivity index (χ1v) is 4.69. The summed E-state index contributed by atoms with van der Waals surface area (Å²) in [6.07, 6.45) is -0.150. The lowest BCUT2D eigenvalue weighted by molar-refractivity contribution is 0.0501. The zero-order valence-corrected chi connectivity index (χ0v) is 8.41. The van der Waals surface area contributed by atoms with Crippen LogP contribution in [0.15, 0.2) is 0 Å². The first-order valence-electron chi connectivity index (χ1n) is 4.69. The van der Waals surface area contributed by atoms with Gasteiger partial charge in [0.1, 0.15) is 5.60 Å². The van der Waals surface area contributed by atoms with E-state index < -0.39 is 0 Å². The van der Waals surface area contributed by atoms with Crippen molar-refractivity contribution < 1.29 is 9.53 Å². The van der Waals surface area contributed by atoms with Crippen LogP contribution < -0.4 is 0 Å². The maximum absolute atomic E-state index is 11.4. The summed E-state index contributed by atoms with van der Waals surface area (Å²) in [5, 5.41) is 0. The Morgan fingerprint density at radius 2 is 2.15 bits per heavy atom. The number of hydrogen-bond acceptors (Lipinski definition) is 3. The van der Waals surface area contributed by atoms with Crippen molar-refractivity contribution in [2.75, 3.05) is 26.7 Å². The summed E-state index contributed by atoms with van der Waals surface area (Å²) < 4.78 is 5.30. The molecule has 2 aliphatic heterocycles. The number of cyclic esters (lactones) is 1. The first-order chi connectivity index (χ1) is 6.00. The molecule has 0 spiro atoms. The van der Waals surface area contributed by atoms with Crippen LogP contribution in [-0.2, 0) is 4.74 Å².